The van der Waals surface area contributed by atoms with Gasteiger partial charge in [0.2, 0.25) is 15.8 Å². The number of hydrogen-bond donors (Lipinski definition) is 1. The van der Waals surface area contributed by atoms with Crippen molar-refractivity contribution in [1.29, 1.82) is 0 Å². The van der Waals surface area contributed by atoms with Gasteiger partial charge in [0.15, 0.2) is 5.82 Å². The first-order valence-corrected chi connectivity index (χ1v) is 7.49. The second-order valence-corrected chi connectivity index (χ2v) is 6.56. The first-order valence-electron chi connectivity index (χ1n) is 6.05. The van der Waals surface area contributed by atoms with Gasteiger partial charge in [0, 0.05) is 25.2 Å². The first kappa shape index (κ1) is 15.6. The highest BCUT2D eigenvalue weighted by molar-refractivity contribution is 7.89. The van der Waals surface area contributed by atoms with E-state index in [1.807, 2.05) is 0 Å². The number of methoxy groups -OCH3 is 1. The maximum absolute atomic E-state index is 13.8. The zero-order chi connectivity index (χ0) is 15.8. The van der Waals surface area contributed by atoms with Crippen molar-refractivity contribution in [2.45, 2.75) is 17.4 Å². The third-order valence-corrected chi connectivity index (χ3v) is 5.07. The monoisotopic (exact) mass is 319 g/mol. The Kier molecular flexibility index (Phi) is 4.12. The predicted octanol–water partition coefficient (Wildman–Crippen LogP) is 0.464. The molecule has 1 aliphatic heterocycles. The van der Waals surface area contributed by atoms with Gasteiger partial charge in [-0.25, -0.2) is 12.8 Å². The van der Waals surface area contributed by atoms with E-state index in [4.69, 9.17) is 5.73 Å². The Morgan fingerprint density at radius 3 is 2.67 bits per heavy atom. The first-order chi connectivity index (χ1) is 9.77. The van der Waals surface area contributed by atoms with Crippen LogP contribution in [0.25, 0.3) is 0 Å². The highest BCUT2D eigenvalue weighted by Gasteiger charge is 2.34. The van der Waals surface area contributed by atoms with E-state index in [2.05, 4.69) is 4.74 Å². The van der Waals surface area contributed by atoms with Crippen LogP contribution in [-0.4, -0.2) is 43.9 Å². The van der Waals surface area contributed by atoms with E-state index in [1.54, 1.807) is 0 Å². The molecule has 0 bridgehead atoms. The Morgan fingerprint density at radius 2 is 2.19 bits per heavy atom. The lowest BCUT2D eigenvalue weighted by Gasteiger charge is -2.16. The van der Waals surface area contributed by atoms with Crippen molar-refractivity contribution in [3.05, 3.63) is 28.1 Å². The summed E-state index contributed by atoms with van der Waals surface area (Å²) in [6.07, 6.45) is 0.486. The fraction of sp³-hybridized carbons (Fsp3) is 0.455. The molecular formula is C11H14FN3O5S. The zero-order valence-electron chi connectivity index (χ0n) is 11.2. The van der Waals surface area contributed by atoms with Gasteiger partial charge in [-0.15, -0.1) is 0 Å². The molecule has 116 valence electrons. The van der Waals surface area contributed by atoms with Gasteiger partial charge in [0.25, 0.3) is 0 Å². The molecule has 0 aliphatic carbocycles. The SMILES string of the molecule is COc1c(F)cc(S(=O)(=O)N2CC[C@@H](N)C2)cc1[N+](=O)[O-]. The summed E-state index contributed by atoms with van der Waals surface area (Å²) >= 11 is 0. The summed E-state index contributed by atoms with van der Waals surface area (Å²) in [6.45, 7) is 0.300. The predicted molar refractivity (Wildman–Crippen MR) is 71.0 cm³/mol. The van der Waals surface area contributed by atoms with Crippen LogP contribution in [0.2, 0.25) is 0 Å². The number of nitro groups is 1. The molecule has 1 aliphatic rings. The molecule has 1 aromatic rings. The lowest BCUT2D eigenvalue weighted by molar-refractivity contribution is -0.386. The molecule has 0 unspecified atom stereocenters. The van der Waals surface area contributed by atoms with E-state index in [-0.39, 0.29) is 19.1 Å². The molecule has 2 rings (SSSR count). The lowest BCUT2D eigenvalue weighted by Crippen LogP contribution is -2.32. The summed E-state index contributed by atoms with van der Waals surface area (Å²) in [5.74, 6) is -1.70. The molecule has 0 amide bonds. The van der Waals surface area contributed by atoms with Crippen LogP contribution in [0.4, 0.5) is 10.1 Å². The van der Waals surface area contributed by atoms with Crippen LogP contribution in [0.15, 0.2) is 17.0 Å². The molecule has 0 aromatic heterocycles. The van der Waals surface area contributed by atoms with Crippen LogP contribution in [0.5, 0.6) is 5.75 Å². The van der Waals surface area contributed by atoms with Crippen LogP contribution in [0, 0.1) is 15.9 Å². The third kappa shape index (κ3) is 2.82. The molecule has 0 radical (unpaired) electrons. The van der Waals surface area contributed by atoms with Crippen LogP contribution < -0.4 is 10.5 Å². The third-order valence-electron chi connectivity index (χ3n) is 3.22. The lowest BCUT2D eigenvalue weighted by atomic mass is 10.3. The quantitative estimate of drug-likeness (QED) is 0.637. The number of halogens is 1. The molecule has 8 nitrogen and oxygen atoms in total. The number of nitro benzene ring substituents is 1. The van der Waals surface area contributed by atoms with Crippen molar-refractivity contribution in [1.82, 2.24) is 4.31 Å². The average molecular weight is 319 g/mol. The van der Waals surface area contributed by atoms with Gasteiger partial charge in [0.05, 0.1) is 16.9 Å². The second-order valence-electron chi connectivity index (χ2n) is 4.63. The highest BCUT2D eigenvalue weighted by Crippen LogP contribution is 2.34. The molecule has 0 saturated carbocycles. The van der Waals surface area contributed by atoms with Crippen LogP contribution in [0.3, 0.4) is 0 Å². The Bertz CT molecular complexity index is 679. The van der Waals surface area contributed by atoms with Gasteiger partial charge >= 0.3 is 5.69 Å². The maximum atomic E-state index is 13.8. The fourth-order valence-electron chi connectivity index (χ4n) is 2.16. The van der Waals surface area contributed by atoms with Gasteiger partial charge in [-0.05, 0) is 12.5 Å². The summed E-state index contributed by atoms with van der Waals surface area (Å²) in [5.41, 5.74) is 4.91. The largest absolute Gasteiger partial charge is 0.488 e. The molecule has 21 heavy (non-hydrogen) atoms. The van der Waals surface area contributed by atoms with Crippen molar-refractivity contribution in [2.75, 3.05) is 20.2 Å². The number of hydrogen-bond acceptors (Lipinski definition) is 6. The molecule has 1 atom stereocenters. The smallest absolute Gasteiger partial charge is 0.315 e. The van der Waals surface area contributed by atoms with Crippen molar-refractivity contribution in [3.8, 4) is 5.75 Å². The number of nitrogens with two attached hydrogens (primary N) is 1. The van der Waals surface area contributed by atoms with E-state index in [0.29, 0.717) is 12.5 Å². The molecule has 2 N–H and O–H groups in total. The van der Waals surface area contributed by atoms with E-state index in [1.165, 1.54) is 0 Å². The molecule has 10 heteroatoms. The minimum absolute atomic E-state index is 0.101. The summed E-state index contributed by atoms with van der Waals surface area (Å²) < 4.78 is 44.2. The molecule has 0 spiro atoms. The Hall–Kier alpha value is -1.78. The summed E-state index contributed by atoms with van der Waals surface area (Å²) in [5, 5.41) is 10.9. The van der Waals surface area contributed by atoms with Crippen molar-refractivity contribution in [2.24, 2.45) is 5.73 Å². The molecule has 1 fully saturated rings. The van der Waals surface area contributed by atoms with Gasteiger partial charge in [-0.1, -0.05) is 0 Å². The van der Waals surface area contributed by atoms with Crippen molar-refractivity contribution in [3.63, 3.8) is 0 Å². The standard InChI is InChI=1S/C11H14FN3O5S/c1-20-11-9(12)4-8(5-10(11)15(16)17)21(18,19)14-3-2-7(13)6-14/h4-5,7H,2-3,6,13H2,1H3/t7-/m1/s1. The van der Waals surface area contributed by atoms with Crippen LogP contribution in [0.1, 0.15) is 6.42 Å². The van der Waals surface area contributed by atoms with E-state index in [9.17, 15) is 22.9 Å². The maximum Gasteiger partial charge on any atom is 0.315 e. The number of sulfonamides is 1. The fourth-order valence-corrected chi connectivity index (χ4v) is 3.71. The number of nitrogens with zero attached hydrogens (tertiary/aromatic N) is 2. The zero-order valence-corrected chi connectivity index (χ0v) is 12.0. The minimum Gasteiger partial charge on any atom is -0.488 e. The van der Waals surface area contributed by atoms with Crippen molar-refractivity contribution < 1.29 is 22.5 Å². The van der Waals surface area contributed by atoms with Gasteiger partial charge < -0.3 is 10.5 Å². The second kappa shape index (κ2) is 5.54. The molecule has 1 heterocycles. The van der Waals surface area contributed by atoms with Gasteiger partial charge in [-0.3, -0.25) is 10.1 Å². The summed E-state index contributed by atoms with van der Waals surface area (Å²) in [7, 11) is -2.95. The Labute approximate surface area is 120 Å². The van der Waals surface area contributed by atoms with Crippen molar-refractivity contribution >= 4 is 15.7 Å². The van der Waals surface area contributed by atoms with E-state index in [0.717, 1.165) is 17.5 Å². The summed E-state index contributed by atoms with van der Waals surface area (Å²) in [6, 6.07) is 1.21. The van der Waals surface area contributed by atoms with E-state index >= 15 is 0 Å². The average Bonchev–Trinajstić information content (AvgIpc) is 2.85. The van der Waals surface area contributed by atoms with Crippen LogP contribution in [-0.2, 0) is 10.0 Å². The highest BCUT2D eigenvalue weighted by atomic mass is 32.2. The summed E-state index contributed by atoms with van der Waals surface area (Å²) in [4.78, 5) is 9.54. The molecular weight excluding hydrogens is 305 g/mol. The molecule has 1 saturated heterocycles. The minimum atomic E-state index is -4.02. The number of rotatable bonds is 4. The topological polar surface area (TPSA) is 116 Å². The van der Waals surface area contributed by atoms with Gasteiger partial charge in [0.1, 0.15) is 0 Å². The normalized spacial score (nSPS) is 19.7. The van der Waals surface area contributed by atoms with Crippen LogP contribution >= 0.6 is 0 Å². The Morgan fingerprint density at radius 1 is 1.52 bits per heavy atom. The van der Waals surface area contributed by atoms with Gasteiger partial charge in [-0.2, -0.15) is 4.31 Å². The Balaban J connectivity index is 2.52. The molecule has 1 aromatic carbocycles. The number of ether oxygens (including phenoxy) is 1. The van der Waals surface area contributed by atoms with E-state index < -0.39 is 37.1 Å². The number of benzene rings is 1.